The summed E-state index contributed by atoms with van der Waals surface area (Å²) < 4.78 is 4.71. The average Bonchev–Trinajstić information content (AvgIpc) is 2.29. The van der Waals surface area contributed by atoms with Crippen molar-refractivity contribution >= 4 is 17.9 Å². The lowest BCUT2D eigenvalue weighted by atomic mass is 10.0. The van der Waals surface area contributed by atoms with E-state index in [-0.39, 0.29) is 29.7 Å². The van der Waals surface area contributed by atoms with Crippen LogP contribution >= 0.6 is 0 Å². The molecule has 0 heterocycles. The lowest BCUT2D eigenvalue weighted by Crippen LogP contribution is -2.12. The monoisotopic (exact) mass is 252 g/mol. The van der Waals surface area contributed by atoms with Crippen molar-refractivity contribution in [1.29, 1.82) is 0 Å². The minimum Gasteiger partial charge on any atom is -0.478 e. The van der Waals surface area contributed by atoms with Gasteiger partial charge in [0.2, 0.25) is 0 Å². The number of hydrogen-bond donors (Lipinski definition) is 2. The Morgan fingerprint density at radius 1 is 1.17 bits per heavy atom. The highest BCUT2D eigenvalue weighted by Gasteiger charge is 2.16. The Kier molecular flexibility index (Phi) is 4.42. The SMILES string of the molecule is CCOC(=O)Cc1ccc(C(=O)O)cc1C(=O)O. The molecule has 0 saturated carbocycles. The molecule has 0 fully saturated rings. The minimum atomic E-state index is -1.28. The van der Waals surface area contributed by atoms with E-state index in [1.165, 1.54) is 12.1 Å². The molecular weight excluding hydrogens is 240 g/mol. The number of carbonyl (C=O) groups is 3. The number of rotatable bonds is 5. The van der Waals surface area contributed by atoms with Gasteiger partial charge in [-0.1, -0.05) is 6.07 Å². The molecule has 0 aliphatic rings. The summed E-state index contributed by atoms with van der Waals surface area (Å²) in [6, 6.07) is 3.59. The number of carboxylic acid groups (broad SMARTS) is 2. The normalized spacial score (nSPS) is 9.83. The van der Waals surface area contributed by atoms with Crippen molar-refractivity contribution in [3.8, 4) is 0 Å². The van der Waals surface area contributed by atoms with Crippen LogP contribution in [0.3, 0.4) is 0 Å². The fourth-order valence-electron chi connectivity index (χ4n) is 1.43. The van der Waals surface area contributed by atoms with Gasteiger partial charge >= 0.3 is 17.9 Å². The summed E-state index contributed by atoms with van der Waals surface area (Å²) in [7, 11) is 0. The largest absolute Gasteiger partial charge is 0.478 e. The molecule has 0 unspecified atom stereocenters. The van der Waals surface area contributed by atoms with Crippen molar-refractivity contribution in [3.05, 3.63) is 34.9 Å². The zero-order valence-corrected chi connectivity index (χ0v) is 9.67. The number of aromatic carboxylic acids is 2. The van der Waals surface area contributed by atoms with Crippen LogP contribution in [0.25, 0.3) is 0 Å². The Hall–Kier alpha value is -2.37. The van der Waals surface area contributed by atoms with Crippen molar-refractivity contribution in [1.82, 2.24) is 0 Å². The van der Waals surface area contributed by atoms with Crippen LogP contribution in [0.1, 0.15) is 33.2 Å². The highest BCUT2D eigenvalue weighted by atomic mass is 16.5. The van der Waals surface area contributed by atoms with E-state index >= 15 is 0 Å². The zero-order chi connectivity index (χ0) is 13.7. The van der Waals surface area contributed by atoms with Crippen molar-refractivity contribution in [2.24, 2.45) is 0 Å². The standard InChI is InChI=1S/C12H12O6/c1-2-18-10(13)6-7-3-4-8(11(14)15)5-9(7)12(16)17/h3-5H,2,6H2,1H3,(H,14,15)(H,16,17). The van der Waals surface area contributed by atoms with Crippen LogP contribution in [0, 0.1) is 0 Å². The minimum absolute atomic E-state index is 0.139. The number of carboxylic acids is 2. The predicted molar refractivity (Wildman–Crippen MR) is 60.7 cm³/mol. The van der Waals surface area contributed by atoms with Gasteiger partial charge in [0, 0.05) is 0 Å². The molecule has 0 spiro atoms. The van der Waals surface area contributed by atoms with Gasteiger partial charge in [0.15, 0.2) is 0 Å². The van der Waals surface area contributed by atoms with Gasteiger partial charge < -0.3 is 14.9 Å². The highest BCUT2D eigenvalue weighted by molar-refractivity contribution is 5.95. The van der Waals surface area contributed by atoms with Crippen LogP contribution in [0.5, 0.6) is 0 Å². The van der Waals surface area contributed by atoms with Crippen LogP contribution in [-0.2, 0) is 16.0 Å². The van der Waals surface area contributed by atoms with E-state index < -0.39 is 17.9 Å². The van der Waals surface area contributed by atoms with Crippen LogP contribution in [0.4, 0.5) is 0 Å². The van der Waals surface area contributed by atoms with Gasteiger partial charge in [0.05, 0.1) is 24.2 Å². The number of ether oxygens (including phenoxy) is 1. The molecule has 1 aromatic carbocycles. The smallest absolute Gasteiger partial charge is 0.336 e. The summed E-state index contributed by atoms with van der Waals surface area (Å²) in [5.74, 6) is -3.05. The third-order valence-corrected chi connectivity index (χ3v) is 2.23. The second-order valence-electron chi connectivity index (χ2n) is 3.46. The van der Waals surface area contributed by atoms with Gasteiger partial charge in [-0.05, 0) is 24.6 Å². The average molecular weight is 252 g/mol. The summed E-state index contributed by atoms with van der Waals surface area (Å²) in [6.07, 6.45) is -0.199. The van der Waals surface area contributed by atoms with Crippen molar-refractivity contribution in [2.75, 3.05) is 6.61 Å². The van der Waals surface area contributed by atoms with E-state index in [1.807, 2.05) is 0 Å². The lowest BCUT2D eigenvalue weighted by Gasteiger charge is -2.06. The quantitative estimate of drug-likeness (QED) is 0.763. The fourth-order valence-corrected chi connectivity index (χ4v) is 1.43. The first kappa shape index (κ1) is 13.7. The number of carbonyl (C=O) groups excluding carboxylic acids is 1. The molecule has 96 valence electrons. The molecule has 0 atom stereocenters. The molecular formula is C12H12O6. The lowest BCUT2D eigenvalue weighted by molar-refractivity contribution is -0.142. The van der Waals surface area contributed by atoms with Crippen molar-refractivity contribution in [3.63, 3.8) is 0 Å². The van der Waals surface area contributed by atoms with E-state index in [0.29, 0.717) is 0 Å². The summed E-state index contributed by atoms with van der Waals surface area (Å²) in [4.78, 5) is 33.0. The first-order chi connectivity index (χ1) is 8.45. The first-order valence-corrected chi connectivity index (χ1v) is 5.20. The van der Waals surface area contributed by atoms with Gasteiger partial charge in [0.25, 0.3) is 0 Å². The van der Waals surface area contributed by atoms with Gasteiger partial charge in [0.1, 0.15) is 0 Å². The molecule has 1 aromatic rings. The van der Waals surface area contributed by atoms with E-state index in [4.69, 9.17) is 14.9 Å². The van der Waals surface area contributed by atoms with E-state index in [1.54, 1.807) is 6.92 Å². The van der Waals surface area contributed by atoms with Gasteiger partial charge in [-0.2, -0.15) is 0 Å². The number of esters is 1. The molecule has 18 heavy (non-hydrogen) atoms. The Morgan fingerprint density at radius 2 is 1.83 bits per heavy atom. The molecule has 2 N–H and O–H groups in total. The number of hydrogen-bond acceptors (Lipinski definition) is 4. The zero-order valence-electron chi connectivity index (χ0n) is 9.67. The Balaban J connectivity index is 3.08. The fraction of sp³-hybridized carbons (Fsp3) is 0.250. The maximum absolute atomic E-state index is 11.3. The first-order valence-electron chi connectivity index (χ1n) is 5.20. The molecule has 1 rings (SSSR count). The molecule has 0 radical (unpaired) electrons. The summed E-state index contributed by atoms with van der Waals surface area (Å²) in [5, 5.41) is 17.7. The molecule has 0 bridgehead atoms. The summed E-state index contributed by atoms with van der Waals surface area (Å²) in [6.45, 7) is 1.85. The maximum atomic E-state index is 11.3. The molecule has 6 heteroatoms. The van der Waals surface area contributed by atoms with E-state index in [0.717, 1.165) is 6.07 Å². The Morgan fingerprint density at radius 3 is 2.33 bits per heavy atom. The highest BCUT2D eigenvalue weighted by Crippen LogP contribution is 2.14. The Labute approximate surface area is 103 Å². The van der Waals surface area contributed by atoms with Gasteiger partial charge in [-0.15, -0.1) is 0 Å². The van der Waals surface area contributed by atoms with E-state index in [2.05, 4.69) is 0 Å². The number of benzene rings is 1. The second-order valence-corrected chi connectivity index (χ2v) is 3.46. The molecule has 0 aliphatic heterocycles. The third-order valence-electron chi connectivity index (χ3n) is 2.23. The third kappa shape index (κ3) is 3.31. The van der Waals surface area contributed by atoms with Gasteiger partial charge in [-0.3, -0.25) is 4.79 Å². The Bertz CT molecular complexity index is 491. The molecule has 0 amide bonds. The molecule has 6 nitrogen and oxygen atoms in total. The summed E-state index contributed by atoms with van der Waals surface area (Å²) >= 11 is 0. The molecule has 0 aromatic heterocycles. The second kappa shape index (κ2) is 5.81. The van der Waals surface area contributed by atoms with Crippen LogP contribution in [-0.4, -0.2) is 34.7 Å². The molecule has 0 aliphatic carbocycles. The topological polar surface area (TPSA) is 101 Å². The maximum Gasteiger partial charge on any atom is 0.336 e. The molecule has 0 saturated heterocycles. The van der Waals surface area contributed by atoms with Crippen LogP contribution in [0.2, 0.25) is 0 Å². The predicted octanol–water partition coefficient (Wildman–Crippen LogP) is 1.19. The van der Waals surface area contributed by atoms with Crippen molar-refractivity contribution in [2.45, 2.75) is 13.3 Å². The van der Waals surface area contributed by atoms with E-state index in [9.17, 15) is 14.4 Å². The van der Waals surface area contributed by atoms with Gasteiger partial charge in [-0.25, -0.2) is 9.59 Å². The van der Waals surface area contributed by atoms with Crippen LogP contribution < -0.4 is 0 Å². The van der Waals surface area contributed by atoms with Crippen molar-refractivity contribution < 1.29 is 29.3 Å². The summed E-state index contributed by atoms with van der Waals surface area (Å²) in [5.41, 5.74) is -0.117. The van der Waals surface area contributed by atoms with Crippen LogP contribution in [0.15, 0.2) is 18.2 Å².